The molecule has 3 heterocycles. The van der Waals surface area contributed by atoms with Crippen LogP contribution in [0.3, 0.4) is 0 Å². The number of aryl methyl sites for hydroxylation is 1. The summed E-state index contributed by atoms with van der Waals surface area (Å²) >= 11 is 0. The Labute approximate surface area is 168 Å². The highest BCUT2D eigenvalue weighted by Gasteiger charge is 2.35. The van der Waals surface area contributed by atoms with Crippen molar-refractivity contribution in [2.75, 3.05) is 18.2 Å². The van der Waals surface area contributed by atoms with Crippen molar-refractivity contribution >= 4 is 20.8 Å². The Balaban J connectivity index is 1.61. The summed E-state index contributed by atoms with van der Waals surface area (Å²) in [4.78, 5) is 14.9. The van der Waals surface area contributed by atoms with Crippen LogP contribution in [0.25, 0.3) is 22.1 Å². The predicted octanol–water partition coefficient (Wildman–Crippen LogP) is 3.11. The van der Waals surface area contributed by atoms with Gasteiger partial charge in [-0.15, -0.1) is 0 Å². The molecule has 2 aromatic carbocycles. The molecule has 2 aliphatic rings. The second kappa shape index (κ2) is 6.71. The molecule has 2 aliphatic heterocycles. The Morgan fingerprint density at radius 1 is 1.10 bits per heavy atom. The van der Waals surface area contributed by atoms with Gasteiger partial charge in [0.2, 0.25) is 0 Å². The molecule has 0 unspecified atom stereocenters. The lowest BCUT2D eigenvalue weighted by atomic mass is 9.97. The van der Waals surface area contributed by atoms with Crippen LogP contribution >= 0.6 is 0 Å². The van der Waals surface area contributed by atoms with Crippen molar-refractivity contribution in [2.24, 2.45) is 0 Å². The smallest absolute Gasteiger partial charge is 0.344 e. The van der Waals surface area contributed by atoms with E-state index in [2.05, 4.69) is 0 Å². The molecule has 7 heteroatoms. The minimum atomic E-state index is -2.99. The fourth-order valence-electron chi connectivity index (χ4n) is 4.38. The minimum Gasteiger partial charge on any atom is -0.478 e. The lowest BCUT2D eigenvalue weighted by Gasteiger charge is -2.33. The van der Waals surface area contributed by atoms with Crippen LogP contribution in [0, 0.1) is 6.92 Å². The van der Waals surface area contributed by atoms with Gasteiger partial charge < -0.3 is 9.15 Å². The first kappa shape index (κ1) is 18.4. The second-order valence-electron chi connectivity index (χ2n) is 7.75. The molecule has 150 valence electrons. The number of nitrogens with zero attached hydrogens (tertiary/aromatic N) is 1. The molecule has 0 amide bonds. The lowest BCUT2D eigenvalue weighted by molar-refractivity contribution is 0.0649. The standard InChI is InChI=1S/C22H21NO5S/c1-14-17-7-8-19-18(11-23(13-27-19)16-9-10-29(25,26)12-16)21(17)28-22(24)20(14)15-5-3-2-4-6-15/h2-8,16H,9-13H2,1H3/t16-/m1/s1. The molecule has 1 aromatic heterocycles. The molecule has 0 radical (unpaired) electrons. The van der Waals surface area contributed by atoms with Gasteiger partial charge in [0.05, 0.1) is 22.6 Å². The summed E-state index contributed by atoms with van der Waals surface area (Å²) in [6.07, 6.45) is 0.604. The Morgan fingerprint density at radius 2 is 1.90 bits per heavy atom. The average Bonchev–Trinajstić information content (AvgIpc) is 3.08. The largest absolute Gasteiger partial charge is 0.478 e. The van der Waals surface area contributed by atoms with Crippen molar-refractivity contribution in [3.05, 3.63) is 64.0 Å². The lowest BCUT2D eigenvalue weighted by Crippen LogP contribution is -2.41. The van der Waals surface area contributed by atoms with Crippen LogP contribution < -0.4 is 10.4 Å². The fraction of sp³-hybridized carbons (Fsp3) is 0.318. The van der Waals surface area contributed by atoms with Crippen LogP contribution in [-0.2, 0) is 16.4 Å². The van der Waals surface area contributed by atoms with Crippen molar-refractivity contribution in [3.63, 3.8) is 0 Å². The van der Waals surface area contributed by atoms with E-state index in [-0.39, 0.29) is 23.2 Å². The van der Waals surface area contributed by atoms with Crippen molar-refractivity contribution in [1.82, 2.24) is 4.90 Å². The molecule has 0 saturated carbocycles. The molecular weight excluding hydrogens is 390 g/mol. The van der Waals surface area contributed by atoms with E-state index in [1.165, 1.54) is 0 Å². The van der Waals surface area contributed by atoms with Crippen molar-refractivity contribution in [2.45, 2.75) is 25.9 Å². The topological polar surface area (TPSA) is 76.8 Å². The second-order valence-corrected chi connectivity index (χ2v) is 9.98. The zero-order valence-corrected chi connectivity index (χ0v) is 16.9. The molecule has 0 bridgehead atoms. The molecule has 0 N–H and O–H groups in total. The van der Waals surface area contributed by atoms with Crippen LogP contribution in [0.1, 0.15) is 17.5 Å². The van der Waals surface area contributed by atoms with Gasteiger partial charge in [-0.05, 0) is 36.6 Å². The molecule has 3 aromatic rings. The molecule has 29 heavy (non-hydrogen) atoms. The predicted molar refractivity (Wildman–Crippen MR) is 111 cm³/mol. The highest BCUT2D eigenvalue weighted by molar-refractivity contribution is 7.91. The van der Waals surface area contributed by atoms with Gasteiger partial charge in [-0.1, -0.05) is 30.3 Å². The molecule has 5 rings (SSSR count). The number of benzene rings is 2. The minimum absolute atomic E-state index is 0.0696. The van der Waals surface area contributed by atoms with Crippen LogP contribution in [0.15, 0.2) is 51.7 Å². The van der Waals surface area contributed by atoms with E-state index in [9.17, 15) is 13.2 Å². The number of rotatable bonds is 2. The average molecular weight is 411 g/mol. The maximum Gasteiger partial charge on any atom is 0.344 e. The quantitative estimate of drug-likeness (QED) is 0.603. The third-order valence-electron chi connectivity index (χ3n) is 5.93. The molecule has 1 atom stereocenters. The first-order chi connectivity index (χ1) is 13.9. The molecule has 0 spiro atoms. The van der Waals surface area contributed by atoms with Crippen LogP contribution in [0.5, 0.6) is 5.75 Å². The van der Waals surface area contributed by atoms with Crippen molar-refractivity contribution < 1.29 is 17.6 Å². The molecule has 1 saturated heterocycles. The molecular formula is C22H21NO5S. The summed E-state index contributed by atoms with van der Waals surface area (Å²) in [5.74, 6) is 1.05. The van der Waals surface area contributed by atoms with E-state index in [0.717, 1.165) is 22.1 Å². The number of fused-ring (bicyclic) bond motifs is 3. The summed E-state index contributed by atoms with van der Waals surface area (Å²) in [6, 6.07) is 13.3. The van der Waals surface area contributed by atoms with Gasteiger partial charge in [0.25, 0.3) is 0 Å². The summed E-state index contributed by atoms with van der Waals surface area (Å²) in [6.45, 7) is 2.77. The van der Waals surface area contributed by atoms with Crippen LogP contribution in [0.2, 0.25) is 0 Å². The van der Waals surface area contributed by atoms with Gasteiger partial charge in [0.1, 0.15) is 18.1 Å². The number of hydrogen-bond acceptors (Lipinski definition) is 6. The third kappa shape index (κ3) is 3.14. The van der Waals surface area contributed by atoms with E-state index in [1.807, 2.05) is 54.3 Å². The third-order valence-corrected chi connectivity index (χ3v) is 7.68. The number of sulfone groups is 1. The van der Waals surface area contributed by atoms with E-state index >= 15 is 0 Å². The van der Waals surface area contributed by atoms with Gasteiger partial charge in [-0.2, -0.15) is 0 Å². The van der Waals surface area contributed by atoms with Gasteiger partial charge >= 0.3 is 5.63 Å². The summed E-state index contributed by atoms with van der Waals surface area (Å²) in [5.41, 5.74) is 3.20. The first-order valence-corrected chi connectivity index (χ1v) is 11.5. The Kier molecular flexibility index (Phi) is 4.26. The van der Waals surface area contributed by atoms with E-state index in [1.54, 1.807) is 0 Å². The number of hydrogen-bond donors (Lipinski definition) is 0. The number of ether oxygens (including phenoxy) is 1. The summed E-state index contributed by atoms with van der Waals surface area (Å²) in [7, 11) is -2.99. The Morgan fingerprint density at radius 3 is 2.62 bits per heavy atom. The zero-order chi connectivity index (χ0) is 20.2. The Bertz CT molecular complexity index is 1260. The van der Waals surface area contributed by atoms with Crippen LogP contribution in [0.4, 0.5) is 0 Å². The van der Waals surface area contributed by atoms with E-state index in [0.29, 0.717) is 36.6 Å². The van der Waals surface area contributed by atoms with Crippen molar-refractivity contribution in [1.29, 1.82) is 0 Å². The monoisotopic (exact) mass is 411 g/mol. The van der Waals surface area contributed by atoms with Gasteiger partial charge in [0.15, 0.2) is 9.84 Å². The van der Waals surface area contributed by atoms with Gasteiger partial charge in [-0.3, -0.25) is 4.90 Å². The van der Waals surface area contributed by atoms with Gasteiger partial charge in [-0.25, -0.2) is 13.2 Å². The normalized spacial score (nSPS) is 21.1. The highest BCUT2D eigenvalue weighted by Crippen LogP contribution is 2.36. The maximum absolute atomic E-state index is 12.9. The van der Waals surface area contributed by atoms with Crippen LogP contribution in [-0.4, -0.2) is 37.6 Å². The molecule has 0 aliphatic carbocycles. The van der Waals surface area contributed by atoms with E-state index in [4.69, 9.17) is 9.15 Å². The highest BCUT2D eigenvalue weighted by atomic mass is 32.2. The maximum atomic E-state index is 12.9. The fourth-order valence-corrected chi connectivity index (χ4v) is 6.14. The molecule has 1 fully saturated rings. The summed E-state index contributed by atoms with van der Waals surface area (Å²) in [5, 5.41) is 0.867. The van der Waals surface area contributed by atoms with Gasteiger partial charge in [0, 0.05) is 18.0 Å². The Hall–Kier alpha value is -2.64. The van der Waals surface area contributed by atoms with Crippen molar-refractivity contribution in [3.8, 4) is 16.9 Å². The summed E-state index contributed by atoms with van der Waals surface area (Å²) < 4.78 is 35.4. The van der Waals surface area contributed by atoms with E-state index < -0.39 is 9.84 Å². The SMILES string of the molecule is Cc1c(-c2ccccc2)c(=O)oc2c3c(ccc12)OCN([C@@H]1CCS(=O)(=O)C1)C3. The molecule has 6 nitrogen and oxygen atoms in total. The first-order valence-electron chi connectivity index (χ1n) is 9.65. The zero-order valence-electron chi connectivity index (χ0n) is 16.1.